The predicted molar refractivity (Wildman–Crippen MR) is 63.4 cm³/mol. The summed E-state index contributed by atoms with van der Waals surface area (Å²) in [6.45, 7) is 0.665. The molecule has 1 atom stereocenters. The van der Waals surface area contributed by atoms with E-state index in [1.54, 1.807) is 18.1 Å². The fourth-order valence-corrected chi connectivity index (χ4v) is 2.27. The van der Waals surface area contributed by atoms with Gasteiger partial charge in [-0.3, -0.25) is 9.48 Å². The molecule has 1 fully saturated rings. The number of aromatic nitrogens is 2. The molecule has 1 aliphatic rings. The molecule has 1 aromatic rings. The third kappa shape index (κ3) is 2.26. The van der Waals surface area contributed by atoms with Gasteiger partial charge in [-0.2, -0.15) is 5.10 Å². The topological polar surface area (TPSA) is 84.4 Å². The first-order valence-corrected chi connectivity index (χ1v) is 5.84. The quantitative estimate of drug-likeness (QED) is 0.759. The summed E-state index contributed by atoms with van der Waals surface area (Å²) in [6, 6.07) is -0.0994. The number of aliphatic hydroxyl groups is 1. The van der Waals surface area contributed by atoms with Crippen LogP contribution < -0.4 is 5.73 Å². The normalized spacial score (nSPS) is 20.6. The van der Waals surface area contributed by atoms with E-state index in [1.165, 1.54) is 4.68 Å². The van der Waals surface area contributed by atoms with Crippen molar-refractivity contribution in [1.82, 2.24) is 14.7 Å². The van der Waals surface area contributed by atoms with Crippen LogP contribution in [0.3, 0.4) is 0 Å². The van der Waals surface area contributed by atoms with Crippen LogP contribution in [-0.2, 0) is 7.05 Å². The van der Waals surface area contributed by atoms with Crippen molar-refractivity contribution in [3.8, 4) is 0 Å². The summed E-state index contributed by atoms with van der Waals surface area (Å²) in [6.07, 6.45) is 4.47. The highest BCUT2D eigenvalue weighted by atomic mass is 16.3. The first-order valence-electron chi connectivity index (χ1n) is 5.84. The van der Waals surface area contributed by atoms with Crippen LogP contribution in [0.1, 0.15) is 29.8 Å². The largest absolute Gasteiger partial charge is 0.396 e. The van der Waals surface area contributed by atoms with Crippen molar-refractivity contribution in [1.29, 1.82) is 0 Å². The zero-order valence-electron chi connectivity index (χ0n) is 9.96. The monoisotopic (exact) mass is 238 g/mol. The molecule has 0 saturated carbocycles. The molecule has 0 radical (unpaired) electrons. The Kier molecular flexibility index (Phi) is 3.33. The first kappa shape index (κ1) is 11.9. The van der Waals surface area contributed by atoms with E-state index in [2.05, 4.69) is 5.10 Å². The van der Waals surface area contributed by atoms with Gasteiger partial charge >= 0.3 is 0 Å². The molecule has 3 N–H and O–H groups in total. The number of aryl methyl sites for hydroxylation is 1. The molecule has 0 aliphatic carbocycles. The summed E-state index contributed by atoms with van der Waals surface area (Å²) in [4.78, 5) is 13.9. The van der Waals surface area contributed by atoms with Gasteiger partial charge in [0.2, 0.25) is 0 Å². The van der Waals surface area contributed by atoms with Gasteiger partial charge in [0.15, 0.2) is 5.69 Å². The SMILES string of the molecule is Cn1cc(N)c(C(=O)N2CCCCC2CO)n1. The number of nitrogens with zero attached hydrogens (tertiary/aromatic N) is 3. The van der Waals surface area contributed by atoms with E-state index >= 15 is 0 Å². The predicted octanol–water partition coefficient (Wildman–Crippen LogP) is -0.0107. The van der Waals surface area contributed by atoms with Gasteiger partial charge in [-0.25, -0.2) is 0 Å². The maximum atomic E-state index is 12.3. The summed E-state index contributed by atoms with van der Waals surface area (Å²) >= 11 is 0. The second-order valence-electron chi connectivity index (χ2n) is 4.44. The lowest BCUT2D eigenvalue weighted by Crippen LogP contribution is -2.46. The molecule has 0 spiro atoms. The standard InChI is InChI=1S/C11H18N4O2/c1-14-6-9(12)10(13-14)11(17)15-5-3-2-4-8(15)7-16/h6,8,16H,2-5,7,12H2,1H3. The van der Waals surface area contributed by atoms with Crippen molar-refractivity contribution >= 4 is 11.6 Å². The third-order valence-corrected chi connectivity index (χ3v) is 3.16. The van der Waals surface area contributed by atoms with Crippen LogP contribution in [0.4, 0.5) is 5.69 Å². The molecule has 1 amide bonds. The molecule has 1 aromatic heterocycles. The minimum atomic E-state index is -0.179. The molecule has 1 saturated heterocycles. The van der Waals surface area contributed by atoms with Gasteiger partial charge in [0.05, 0.1) is 18.3 Å². The Labute approximate surface area is 100 Å². The zero-order valence-corrected chi connectivity index (χ0v) is 9.96. The highest BCUT2D eigenvalue weighted by molar-refractivity contribution is 5.97. The lowest BCUT2D eigenvalue weighted by molar-refractivity contribution is 0.0497. The Morgan fingerprint density at radius 1 is 1.65 bits per heavy atom. The molecule has 1 aliphatic heterocycles. The Balaban J connectivity index is 2.21. The van der Waals surface area contributed by atoms with E-state index in [0.29, 0.717) is 12.2 Å². The summed E-state index contributed by atoms with van der Waals surface area (Å²) in [5, 5.41) is 13.4. The zero-order chi connectivity index (χ0) is 12.4. The molecule has 6 heteroatoms. The van der Waals surface area contributed by atoms with Crippen molar-refractivity contribution in [3.63, 3.8) is 0 Å². The van der Waals surface area contributed by atoms with Gasteiger partial charge in [-0.05, 0) is 19.3 Å². The minimum Gasteiger partial charge on any atom is -0.396 e. The average molecular weight is 238 g/mol. The van der Waals surface area contributed by atoms with E-state index in [9.17, 15) is 9.90 Å². The molecular formula is C11H18N4O2. The van der Waals surface area contributed by atoms with Gasteiger partial charge in [-0.1, -0.05) is 0 Å². The molecular weight excluding hydrogens is 220 g/mol. The van der Waals surface area contributed by atoms with Crippen LogP contribution >= 0.6 is 0 Å². The Bertz CT molecular complexity index is 416. The molecule has 0 bridgehead atoms. The van der Waals surface area contributed by atoms with Crippen LogP contribution in [0.5, 0.6) is 0 Å². The second-order valence-corrected chi connectivity index (χ2v) is 4.44. The number of carbonyl (C=O) groups excluding carboxylic acids is 1. The molecule has 2 rings (SSSR count). The van der Waals surface area contributed by atoms with Crippen LogP contribution in [0.15, 0.2) is 6.20 Å². The number of aliphatic hydroxyl groups excluding tert-OH is 1. The number of nitrogens with two attached hydrogens (primary N) is 1. The number of amides is 1. The van der Waals surface area contributed by atoms with Crippen LogP contribution in [0.2, 0.25) is 0 Å². The van der Waals surface area contributed by atoms with E-state index in [-0.39, 0.29) is 24.2 Å². The molecule has 0 aromatic carbocycles. The number of hydrogen-bond donors (Lipinski definition) is 2. The molecule has 6 nitrogen and oxygen atoms in total. The average Bonchev–Trinajstić information content (AvgIpc) is 2.67. The molecule has 94 valence electrons. The van der Waals surface area contributed by atoms with Crippen molar-refractivity contribution in [2.45, 2.75) is 25.3 Å². The van der Waals surface area contributed by atoms with Crippen molar-refractivity contribution in [2.75, 3.05) is 18.9 Å². The lowest BCUT2D eigenvalue weighted by atomic mass is 10.0. The van der Waals surface area contributed by atoms with Gasteiger partial charge in [0, 0.05) is 19.8 Å². The number of likely N-dealkylation sites (tertiary alicyclic amines) is 1. The lowest BCUT2D eigenvalue weighted by Gasteiger charge is -2.34. The van der Waals surface area contributed by atoms with Crippen LogP contribution in [0, 0.1) is 0 Å². The second kappa shape index (κ2) is 4.75. The molecule has 1 unspecified atom stereocenters. The van der Waals surface area contributed by atoms with Gasteiger partial charge in [0.1, 0.15) is 0 Å². The Morgan fingerprint density at radius 2 is 2.41 bits per heavy atom. The molecule has 17 heavy (non-hydrogen) atoms. The Hall–Kier alpha value is -1.56. The minimum absolute atomic E-state index is 0.00151. The summed E-state index contributed by atoms with van der Waals surface area (Å²) in [5.74, 6) is -0.179. The van der Waals surface area contributed by atoms with Crippen LogP contribution in [0.25, 0.3) is 0 Å². The number of piperidine rings is 1. The van der Waals surface area contributed by atoms with Crippen LogP contribution in [-0.4, -0.2) is 44.9 Å². The highest BCUT2D eigenvalue weighted by Crippen LogP contribution is 2.20. The van der Waals surface area contributed by atoms with Gasteiger partial charge in [0.25, 0.3) is 5.91 Å². The number of hydrogen-bond acceptors (Lipinski definition) is 4. The Morgan fingerprint density at radius 3 is 3.00 bits per heavy atom. The maximum absolute atomic E-state index is 12.3. The number of anilines is 1. The summed E-state index contributed by atoms with van der Waals surface area (Å²) < 4.78 is 1.53. The number of rotatable bonds is 2. The van der Waals surface area contributed by atoms with E-state index in [4.69, 9.17) is 5.73 Å². The maximum Gasteiger partial charge on any atom is 0.276 e. The van der Waals surface area contributed by atoms with Gasteiger partial charge in [-0.15, -0.1) is 0 Å². The fourth-order valence-electron chi connectivity index (χ4n) is 2.27. The third-order valence-electron chi connectivity index (χ3n) is 3.16. The van der Waals surface area contributed by atoms with E-state index < -0.39 is 0 Å². The smallest absolute Gasteiger partial charge is 0.276 e. The number of carbonyl (C=O) groups is 1. The molecule has 2 heterocycles. The van der Waals surface area contributed by atoms with E-state index in [0.717, 1.165) is 19.3 Å². The van der Waals surface area contributed by atoms with Crippen molar-refractivity contribution in [2.24, 2.45) is 7.05 Å². The first-order chi connectivity index (χ1) is 8.13. The summed E-state index contributed by atoms with van der Waals surface area (Å²) in [5.41, 5.74) is 6.42. The number of nitrogen functional groups attached to an aromatic ring is 1. The summed E-state index contributed by atoms with van der Waals surface area (Å²) in [7, 11) is 1.73. The van der Waals surface area contributed by atoms with Crippen molar-refractivity contribution < 1.29 is 9.90 Å². The highest BCUT2D eigenvalue weighted by Gasteiger charge is 2.29. The van der Waals surface area contributed by atoms with Crippen molar-refractivity contribution in [3.05, 3.63) is 11.9 Å². The van der Waals surface area contributed by atoms with Gasteiger partial charge < -0.3 is 15.7 Å². The van der Waals surface area contributed by atoms with E-state index in [1.807, 2.05) is 0 Å². The fraction of sp³-hybridized carbons (Fsp3) is 0.636.